The van der Waals surface area contributed by atoms with E-state index >= 15 is 0 Å². The first-order valence-electron chi connectivity index (χ1n) is 7.75. The fourth-order valence-corrected chi connectivity index (χ4v) is 2.43. The van der Waals surface area contributed by atoms with Crippen molar-refractivity contribution in [1.29, 1.82) is 0 Å². The van der Waals surface area contributed by atoms with Crippen LogP contribution in [0.15, 0.2) is 24.3 Å². The van der Waals surface area contributed by atoms with Crippen LogP contribution in [0.3, 0.4) is 0 Å². The predicted octanol–water partition coefficient (Wildman–Crippen LogP) is 2.51. The van der Waals surface area contributed by atoms with E-state index in [1.165, 1.54) is 0 Å². The van der Waals surface area contributed by atoms with Crippen LogP contribution < -0.4 is 15.8 Å². The maximum absolute atomic E-state index is 11.9. The summed E-state index contributed by atoms with van der Waals surface area (Å²) in [6, 6.07) is 7.85. The maximum atomic E-state index is 11.9. The minimum Gasteiger partial charge on any atom is -0.497 e. The molecule has 4 nitrogen and oxygen atoms in total. The smallest absolute Gasteiger partial charge is 0.220 e. The van der Waals surface area contributed by atoms with Crippen molar-refractivity contribution in [3.8, 4) is 5.75 Å². The standard InChI is InChI=1S/C17H28N2O2/c1-4-14(5-2)16(18)12-19-17(20)11-8-13-6-9-15(21-3)10-7-13/h6-7,9-10,14,16H,4-5,8,11-12,18H2,1-3H3,(H,19,20). The van der Waals surface area contributed by atoms with Crippen molar-refractivity contribution in [2.24, 2.45) is 11.7 Å². The minimum atomic E-state index is 0.0462. The average Bonchev–Trinajstić information content (AvgIpc) is 2.52. The SMILES string of the molecule is CCC(CC)C(N)CNC(=O)CCc1ccc(OC)cc1. The zero-order valence-electron chi connectivity index (χ0n) is 13.4. The number of methoxy groups -OCH3 is 1. The molecule has 0 aromatic heterocycles. The van der Waals surface area contributed by atoms with Crippen LogP contribution in [0.25, 0.3) is 0 Å². The maximum Gasteiger partial charge on any atom is 0.220 e. The first kappa shape index (κ1) is 17.5. The van der Waals surface area contributed by atoms with Gasteiger partial charge in [-0.05, 0) is 30.0 Å². The predicted molar refractivity (Wildman–Crippen MR) is 86.4 cm³/mol. The largest absolute Gasteiger partial charge is 0.497 e. The van der Waals surface area contributed by atoms with Crippen molar-refractivity contribution < 1.29 is 9.53 Å². The van der Waals surface area contributed by atoms with Crippen LogP contribution in [-0.2, 0) is 11.2 Å². The summed E-state index contributed by atoms with van der Waals surface area (Å²) in [5, 5.41) is 2.94. The number of amides is 1. The Labute approximate surface area is 128 Å². The van der Waals surface area contributed by atoms with Crippen molar-refractivity contribution in [3.63, 3.8) is 0 Å². The lowest BCUT2D eigenvalue weighted by atomic mass is 9.95. The number of nitrogens with one attached hydrogen (secondary N) is 1. The Kier molecular flexibility index (Phi) is 7.83. The van der Waals surface area contributed by atoms with Crippen molar-refractivity contribution in [1.82, 2.24) is 5.32 Å². The lowest BCUT2D eigenvalue weighted by Gasteiger charge is -2.21. The van der Waals surface area contributed by atoms with Gasteiger partial charge >= 0.3 is 0 Å². The Morgan fingerprint density at radius 3 is 2.38 bits per heavy atom. The molecule has 4 heteroatoms. The second-order valence-corrected chi connectivity index (χ2v) is 5.39. The lowest BCUT2D eigenvalue weighted by molar-refractivity contribution is -0.121. The number of nitrogens with two attached hydrogens (primary N) is 1. The Balaban J connectivity index is 2.30. The lowest BCUT2D eigenvalue weighted by Crippen LogP contribution is -2.41. The summed E-state index contributed by atoms with van der Waals surface area (Å²) in [7, 11) is 1.64. The molecule has 0 aliphatic heterocycles. The summed E-state index contributed by atoms with van der Waals surface area (Å²) in [6.07, 6.45) is 3.33. The first-order chi connectivity index (χ1) is 10.1. The molecule has 21 heavy (non-hydrogen) atoms. The molecule has 1 aromatic carbocycles. The summed E-state index contributed by atoms with van der Waals surface area (Å²) < 4.78 is 5.11. The zero-order valence-corrected chi connectivity index (χ0v) is 13.4. The monoisotopic (exact) mass is 292 g/mol. The highest BCUT2D eigenvalue weighted by molar-refractivity contribution is 5.76. The normalized spacial score (nSPS) is 12.2. The van der Waals surface area contributed by atoms with Gasteiger partial charge < -0.3 is 15.8 Å². The van der Waals surface area contributed by atoms with Crippen LogP contribution in [0, 0.1) is 5.92 Å². The molecule has 0 saturated carbocycles. The van der Waals surface area contributed by atoms with Crippen molar-refractivity contribution >= 4 is 5.91 Å². The molecule has 1 rings (SSSR count). The molecule has 1 unspecified atom stereocenters. The Hall–Kier alpha value is -1.55. The number of aryl methyl sites for hydroxylation is 1. The molecule has 0 saturated heterocycles. The van der Waals surface area contributed by atoms with Crippen LogP contribution >= 0.6 is 0 Å². The van der Waals surface area contributed by atoms with Gasteiger partial charge in [0.1, 0.15) is 5.75 Å². The molecular formula is C17H28N2O2. The molecular weight excluding hydrogens is 264 g/mol. The average molecular weight is 292 g/mol. The second-order valence-electron chi connectivity index (χ2n) is 5.39. The van der Waals surface area contributed by atoms with E-state index in [1.54, 1.807) is 7.11 Å². The van der Waals surface area contributed by atoms with E-state index in [1.807, 2.05) is 24.3 Å². The van der Waals surface area contributed by atoms with E-state index in [9.17, 15) is 4.79 Å². The van der Waals surface area contributed by atoms with Crippen LogP contribution in [0.1, 0.15) is 38.7 Å². The Morgan fingerprint density at radius 1 is 1.24 bits per heavy atom. The van der Waals surface area contributed by atoms with Gasteiger partial charge in [-0.2, -0.15) is 0 Å². The van der Waals surface area contributed by atoms with E-state index in [0.717, 1.165) is 30.6 Å². The molecule has 1 atom stereocenters. The van der Waals surface area contributed by atoms with Crippen molar-refractivity contribution in [2.45, 2.75) is 45.6 Å². The van der Waals surface area contributed by atoms with E-state index in [2.05, 4.69) is 19.2 Å². The Bertz CT molecular complexity index is 413. The Morgan fingerprint density at radius 2 is 1.86 bits per heavy atom. The van der Waals surface area contributed by atoms with E-state index in [0.29, 0.717) is 18.9 Å². The fraction of sp³-hybridized carbons (Fsp3) is 0.588. The van der Waals surface area contributed by atoms with Crippen LogP contribution in [0.4, 0.5) is 0 Å². The first-order valence-corrected chi connectivity index (χ1v) is 7.75. The highest BCUT2D eigenvalue weighted by Gasteiger charge is 2.14. The molecule has 118 valence electrons. The van der Waals surface area contributed by atoms with E-state index < -0.39 is 0 Å². The molecule has 1 aromatic rings. The van der Waals surface area contributed by atoms with Gasteiger partial charge in [0, 0.05) is 19.0 Å². The van der Waals surface area contributed by atoms with E-state index in [-0.39, 0.29) is 11.9 Å². The highest BCUT2D eigenvalue weighted by atomic mass is 16.5. The topological polar surface area (TPSA) is 64.3 Å². The molecule has 0 fully saturated rings. The molecule has 0 bridgehead atoms. The molecule has 0 radical (unpaired) electrons. The number of benzene rings is 1. The zero-order chi connectivity index (χ0) is 15.7. The number of carbonyl (C=O) groups excluding carboxylic acids is 1. The third kappa shape index (κ3) is 6.17. The third-order valence-corrected chi connectivity index (χ3v) is 3.99. The number of hydrogen-bond acceptors (Lipinski definition) is 3. The molecule has 1 amide bonds. The van der Waals surface area contributed by atoms with E-state index in [4.69, 9.17) is 10.5 Å². The van der Waals surface area contributed by atoms with Crippen LogP contribution in [0.5, 0.6) is 5.75 Å². The third-order valence-electron chi connectivity index (χ3n) is 3.99. The fourth-order valence-electron chi connectivity index (χ4n) is 2.43. The molecule has 0 aliphatic rings. The van der Waals surface area contributed by atoms with Gasteiger partial charge in [-0.1, -0.05) is 38.8 Å². The van der Waals surface area contributed by atoms with Crippen molar-refractivity contribution in [2.75, 3.05) is 13.7 Å². The molecule has 3 N–H and O–H groups in total. The van der Waals surface area contributed by atoms with Gasteiger partial charge in [0.05, 0.1) is 7.11 Å². The summed E-state index contributed by atoms with van der Waals surface area (Å²) >= 11 is 0. The number of ether oxygens (including phenoxy) is 1. The number of carbonyl (C=O) groups is 1. The van der Waals surface area contributed by atoms with Gasteiger partial charge in [0.25, 0.3) is 0 Å². The van der Waals surface area contributed by atoms with Gasteiger partial charge in [0.15, 0.2) is 0 Å². The van der Waals surface area contributed by atoms with Crippen LogP contribution in [0.2, 0.25) is 0 Å². The molecule has 0 heterocycles. The summed E-state index contributed by atoms with van der Waals surface area (Å²) in [6.45, 7) is 4.84. The second kappa shape index (κ2) is 9.40. The van der Waals surface area contributed by atoms with Crippen molar-refractivity contribution in [3.05, 3.63) is 29.8 Å². The summed E-state index contributed by atoms with van der Waals surface area (Å²) in [5.74, 6) is 1.37. The molecule has 0 spiro atoms. The summed E-state index contributed by atoms with van der Waals surface area (Å²) in [5.41, 5.74) is 7.23. The van der Waals surface area contributed by atoms with Gasteiger partial charge in [-0.15, -0.1) is 0 Å². The van der Waals surface area contributed by atoms with Gasteiger partial charge in [-0.25, -0.2) is 0 Å². The number of hydrogen-bond donors (Lipinski definition) is 2. The summed E-state index contributed by atoms with van der Waals surface area (Å²) in [4.78, 5) is 11.9. The quantitative estimate of drug-likeness (QED) is 0.735. The van der Waals surface area contributed by atoms with Gasteiger partial charge in [0.2, 0.25) is 5.91 Å². The minimum absolute atomic E-state index is 0.0462. The van der Waals surface area contributed by atoms with Gasteiger partial charge in [-0.3, -0.25) is 4.79 Å². The number of rotatable bonds is 9. The highest BCUT2D eigenvalue weighted by Crippen LogP contribution is 2.13. The van der Waals surface area contributed by atoms with Crippen LogP contribution in [-0.4, -0.2) is 25.6 Å². The molecule has 0 aliphatic carbocycles.